The van der Waals surface area contributed by atoms with Crippen LogP contribution < -0.4 is 20.3 Å². The predicted molar refractivity (Wildman–Crippen MR) is 117 cm³/mol. The van der Waals surface area contributed by atoms with Gasteiger partial charge in [-0.2, -0.15) is 0 Å². The van der Waals surface area contributed by atoms with Crippen LogP contribution in [0.15, 0.2) is 78.9 Å². The fourth-order valence-corrected chi connectivity index (χ4v) is 3.69. The van der Waals surface area contributed by atoms with Crippen LogP contribution in [0.2, 0.25) is 0 Å². The molecule has 2 N–H and O–H groups in total. The molecular weight excluding hydrogens is 378 g/mol. The van der Waals surface area contributed by atoms with E-state index < -0.39 is 12.1 Å². The van der Waals surface area contributed by atoms with Gasteiger partial charge < -0.3 is 20.3 Å². The van der Waals surface area contributed by atoms with E-state index in [1.807, 2.05) is 60.7 Å². The molecule has 30 heavy (non-hydrogen) atoms. The number of anilines is 2. The van der Waals surface area contributed by atoms with E-state index in [9.17, 15) is 9.59 Å². The number of nitrogens with zero attached hydrogens (tertiary/aromatic N) is 1. The van der Waals surface area contributed by atoms with Crippen molar-refractivity contribution < 1.29 is 14.3 Å². The number of nitrogens with one attached hydrogen (secondary N) is 2. The third-order valence-corrected chi connectivity index (χ3v) is 5.16. The zero-order valence-corrected chi connectivity index (χ0v) is 16.7. The number of fused-ring (bicyclic) bond motifs is 1. The van der Waals surface area contributed by atoms with Gasteiger partial charge in [0.15, 0.2) is 0 Å². The van der Waals surface area contributed by atoms with Crippen LogP contribution >= 0.6 is 0 Å². The van der Waals surface area contributed by atoms with Gasteiger partial charge in [0.1, 0.15) is 11.8 Å². The number of para-hydroxylation sites is 3. The monoisotopic (exact) mass is 401 g/mol. The first kappa shape index (κ1) is 19.5. The van der Waals surface area contributed by atoms with E-state index in [0.717, 1.165) is 23.2 Å². The summed E-state index contributed by atoms with van der Waals surface area (Å²) in [5, 5.41) is 5.62. The Labute approximate surface area is 175 Å². The number of amides is 3. The van der Waals surface area contributed by atoms with Gasteiger partial charge in [-0.1, -0.05) is 60.7 Å². The van der Waals surface area contributed by atoms with Crippen molar-refractivity contribution in [3.63, 3.8) is 0 Å². The molecule has 0 radical (unpaired) electrons. The summed E-state index contributed by atoms with van der Waals surface area (Å²) in [6, 6.07) is 23.0. The maximum atomic E-state index is 13.5. The van der Waals surface area contributed by atoms with E-state index in [1.165, 1.54) is 0 Å². The van der Waals surface area contributed by atoms with Crippen LogP contribution in [0.25, 0.3) is 0 Å². The average Bonchev–Trinajstić information content (AvgIpc) is 3.22. The molecule has 0 saturated heterocycles. The first-order valence-electron chi connectivity index (χ1n) is 9.82. The molecule has 6 heteroatoms. The standard InChI is InChI=1S/C24H23N3O3/c1-30-21-14-8-6-12-19(21)25-24(29)26-22(18-10-3-2-4-11-18)23(28)27-16-15-17-9-5-7-13-20(17)27/h2-14,22H,15-16H2,1H3,(H2,25,26,29). The van der Waals surface area contributed by atoms with Crippen molar-refractivity contribution in [1.29, 1.82) is 0 Å². The predicted octanol–water partition coefficient (Wildman–Crippen LogP) is 4.15. The van der Waals surface area contributed by atoms with E-state index in [0.29, 0.717) is 18.0 Å². The van der Waals surface area contributed by atoms with Crippen molar-refractivity contribution in [3.8, 4) is 5.75 Å². The van der Waals surface area contributed by atoms with Crippen molar-refractivity contribution >= 4 is 23.3 Å². The molecule has 152 valence electrons. The van der Waals surface area contributed by atoms with E-state index in [2.05, 4.69) is 10.6 Å². The molecule has 3 amide bonds. The molecule has 1 heterocycles. The van der Waals surface area contributed by atoms with Gasteiger partial charge in [-0.05, 0) is 35.7 Å². The maximum Gasteiger partial charge on any atom is 0.320 e. The van der Waals surface area contributed by atoms with Gasteiger partial charge >= 0.3 is 6.03 Å². The summed E-state index contributed by atoms with van der Waals surface area (Å²) >= 11 is 0. The molecule has 0 aromatic heterocycles. The van der Waals surface area contributed by atoms with E-state index >= 15 is 0 Å². The number of carbonyl (C=O) groups is 2. The molecule has 1 unspecified atom stereocenters. The zero-order chi connectivity index (χ0) is 20.9. The Morgan fingerprint density at radius 3 is 2.43 bits per heavy atom. The lowest BCUT2D eigenvalue weighted by Crippen LogP contribution is -2.43. The summed E-state index contributed by atoms with van der Waals surface area (Å²) in [5.41, 5.74) is 3.29. The lowest BCUT2D eigenvalue weighted by molar-refractivity contribution is -0.120. The smallest absolute Gasteiger partial charge is 0.320 e. The van der Waals surface area contributed by atoms with Crippen LogP contribution in [-0.4, -0.2) is 25.6 Å². The lowest BCUT2D eigenvalue weighted by Gasteiger charge is -2.25. The molecule has 0 aliphatic carbocycles. The van der Waals surface area contributed by atoms with E-state index in [-0.39, 0.29) is 5.91 Å². The first-order chi connectivity index (χ1) is 14.7. The quantitative estimate of drug-likeness (QED) is 0.675. The van der Waals surface area contributed by atoms with Crippen molar-refractivity contribution in [3.05, 3.63) is 90.0 Å². The highest BCUT2D eigenvalue weighted by molar-refractivity contribution is 6.02. The Bertz CT molecular complexity index is 1050. The molecule has 3 aromatic rings. The molecular formula is C24H23N3O3. The number of hydrogen-bond donors (Lipinski definition) is 2. The Balaban J connectivity index is 1.58. The van der Waals surface area contributed by atoms with Crippen LogP contribution in [0.3, 0.4) is 0 Å². The highest BCUT2D eigenvalue weighted by Crippen LogP contribution is 2.30. The molecule has 0 saturated carbocycles. The normalized spacial score (nSPS) is 13.3. The minimum absolute atomic E-state index is 0.165. The first-order valence-corrected chi connectivity index (χ1v) is 9.82. The summed E-state index contributed by atoms with van der Waals surface area (Å²) < 4.78 is 5.29. The number of methoxy groups -OCH3 is 1. The number of ether oxygens (including phenoxy) is 1. The Kier molecular flexibility index (Phi) is 5.66. The fraction of sp³-hybridized carbons (Fsp3) is 0.167. The van der Waals surface area contributed by atoms with Crippen molar-refractivity contribution in [1.82, 2.24) is 5.32 Å². The summed E-state index contributed by atoms with van der Waals surface area (Å²) in [7, 11) is 1.54. The molecule has 1 atom stereocenters. The molecule has 1 aliphatic rings. The molecule has 0 fully saturated rings. The molecule has 0 spiro atoms. The summed E-state index contributed by atoms with van der Waals surface area (Å²) in [4.78, 5) is 28.0. The van der Waals surface area contributed by atoms with Gasteiger partial charge in [0, 0.05) is 12.2 Å². The second-order valence-corrected chi connectivity index (χ2v) is 7.01. The van der Waals surface area contributed by atoms with Gasteiger partial charge in [0.2, 0.25) is 0 Å². The van der Waals surface area contributed by atoms with Gasteiger partial charge in [0.25, 0.3) is 5.91 Å². The number of benzene rings is 3. The Morgan fingerprint density at radius 1 is 0.933 bits per heavy atom. The Morgan fingerprint density at radius 2 is 1.63 bits per heavy atom. The van der Waals surface area contributed by atoms with Gasteiger partial charge in [-0.3, -0.25) is 4.79 Å². The summed E-state index contributed by atoms with van der Waals surface area (Å²) in [6.07, 6.45) is 0.802. The van der Waals surface area contributed by atoms with Crippen LogP contribution in [0.4, 0.5) is 16.2 Å². The molecule has 3 aromatic carbocycles. The second-order valence-electron chi connectivity index (χ2n) is 7.01. The Hall–Kier alpha value is -3.80. The highest BCUT2D eigenvalue weighted by atomic mass is 16.5. The molecule has 1 aliphatic heterocycles. The van der Waals surface area contributed by atoms with Crippen molar-refractivity contribution in [2.45, 2.75) is 12.5 Å². The summed E-state index contributed by atoms with van der Waals surface area (Å²) in [5.74, 6) is 0.380. The van der Waals surface area contributed by atoms with Crippen LogP contribution in [0.1, 0.15) is 17.2 Å². The van der Waals surface area contributed by atoms with Gasteiger partial charge in [-0.15, -0.1) is 0 Å². The van der Waals surface area contributed by atoms with Gasteiger partial charge in [-0.25, -0.2) is 4.79 Å². The largest absolute Gasteiger partial charge is 0.495 e. The lowest BCUT2D eigenvalue weighted by atomic mass is 10.1. The highest BCUT2D eigenvalue weighted by Gasteiger charge is 2.32. The fourth-order valence-electron chi connectivity index (χ4n) is 3.69. The van der Waals surface area contributed by atoms with Gasteiger partial charge in [0.05, 0.1) is 12.8 Å². The van der Waals surface area contributed by atoms with Crippen molar-refractivity contribution in [2.75, 3.05) is 23.9 Å². The van der Waals surface area contributed by atoms with Crippen LogP contribution in [0.5, 0.6) is 5.75 Å². The topological polar surface area (TPSA) is 70.7 Å². The van der Waals surface area contributed by atoms with Crippen molar-refractivity contribution in [2.24, 2.45) is 0 Å². The SMILES string of the molecule is COc1ccccc1NC(=O)NC(C(=O)N1CCc2ccccc21)c1ccccc1. The van der Waals surface area contributed by atoms with Crippen LogP contribution in [0, 0.1) is 0 Å². The molecule has 6 nitrogen and oxygen atoms in total. The number of hydrogen-bond acceptors (Lipinski definition) is 3. The maximum absolute atomic E-state index is 13.5. The minimum atomic E-state index is -0.813. The second kappa shape index (κ2) is 8.69. The third-order valence-electron chi connectivity index (χ3n) is 5.16. The summed E-state index contributed by atoms with van der Waals surface area (Å²) in [6.45, 7) is 0.595. The third kappa shape index (κ3) is 3.98. The number of carbonyl (C=O) groups excluding carboxylic acids is 2. The molecule has 4 rings (SSSR count). The van der Waals surface area contributed by atoms with Crippen LogP contribution in [-0.2, 0) is 11.2 Å². The zero-order valence-electron chi connectivity index (χ0n) is 16.7. The average molecular weight is 401 g/mol. The minimum Gasteiger partial charge on any atom is -0.495 e. The number of rotatable bonds is 5. The van der Waals surface area contributed by atoms with E-state index in [4.69, 9.17) is 4.74 Å². The molecule has 0 bridgehead atoms. The number of urea groups is 1. The van der Waals surface area contributed by atoms with E-state index in [1.54, 1.807) is 30.2 Å².